The van der Waals surface area contributed by atoms with Gasteiger partial charge in [0.1, 0.15) is 0 Å². The minimum Gasteiger partial charge on any atom is -0.300 e. The molecule has 0 aromatic heterocycles. The van der Waals surface area contributed by atoms with Crippen molar-refractivity contribution in [2.75, 3.05) is 13.1 Å². The molecule has 0 aromatic carbocycles. The average molecular weight is 211 g/mol. The van der Waals surface area contributed by atoms with E-state index in [9.17, 15) is 0 Å². The summed E-state index contributed by atoms with van der Waals surface area (Å²) in [6.07, 6.45) is 0. The molecule has 0 aromatic rings. The Hall–Kier alpha value is -0.0400. The Kier molecular flexibility index (Phi) is 3.86. The zero-order chi connectivity index (χ0) is 11.8. The van der Waals surface area contributed by atoms with E-state index in [2.05, 4.69) is 53.4 Å². The summed E-state index contributed by atoms with van der Waals surface area (Å²) in [5.74, 6) is 2.41. The highest BCUT2D eigenvalue weighted by Crippen LogP contribution is 2.48. The van der Waals surface area contributed by atoms with Crippen molar-refractivity contribution in [3.8, 4) is 0 Å². The lowest BCUT2D eigenvalue weighted by molar-refractivity contribution is 0.0754. The summed E-state index contributed by atoms with van der Waals surface area (Å²) in [4.78, 5) is 2.66. The molecular weight excluding hydrogens is 182 g/mol. The van der Waals surface area contributed by atoms with E-state index in [1.54, 1.807) is 0 Å². The van der Waals surface area contributed by atoms with Crippen LogP contribution in [0.3, 0.4) is 0 Å². The molecule has 1 nitrogen and oxygen atoms in total. The van der Waals surface area contributed by atoms with Crippen LogP contribution in [0, 0.1) is 23.2 Å². The molecular formula is C14H29N. The third-order valence-electron chi connectivity index (χ3n) is 4.78. The smallest absolute Gasteiger partial charge is 0.00487 e. The van der Waals surface area contributed by atoms with Gasteiger partial charge in [0.2, 0.25) is 0 Å². The first-order chi connectivity index (χ1) is 6.82. The zero-order valence-electron chi connectivity index (χ0n) is 11.7. The second kappa shape index (κ2) is 4.45. The van der Waals surface area contributed by atoms with Gasteiger partial charge in [-0.25, -0.2) is 0 Å². The summed E-state index contributed by atoms with van der Waals surface area (Å²) in [5, 5.41) is 0. The number of hydrogen-bond donors (Lipinski definition) is 0. The molecule has 0 N–H and O–H groups in total. The van der Waals surface area contributed by atoms with Crippen LogP contribution in [0.1, 0.15) is 48.5 Å². The monoisotopic (exact) mass is 211 g/mol. The Morgan fingerprint density at radius 3 is 1.67 bits per heavy atom. The van der Waals surface area contributed by atoms with Crippen LogP contribution in [-0.4, -0.2) is 24.0 Å². The van der Waals surface area contributed by atoms with Crippen molar-refractivity contribution >= 4 is 0 Å². The van der Waals surface area contributed by atoms with Gasteiger partial charge in [0.25, 0.3) is 0 Å². The van der Waals surface area contributed by atoms with E-state index in [0.717, 1.165) is 17.8 Å². The van der Waals surface area contributed by atoms with Crippen molar-refractivity contribution in [3.05, 3.63) is 0 Å². The molecule has 1 rings (SSSR count). The molecule has 0 amide bonds. The number of rotatable bonds is 3. The predicted molar refractivity (Wildman–Crippen MR) is 68.0 cm³/mol. The van der Waals surface area contributed by atoms with Crippen molar-refractivity contribution < 1.29 is 0 Å². The molecule has 0 bridgehead atoms. The van der Waals surface area contributed by atoms with Crippen LogP contribution in [0.2, 0.25) is 0 Å². The van der Waals surface area contributed by atoms with E-state index in [1.165, 1.54) is 13.1 Å². The number of hydrogen-bond acceptors (Lipinski definition) is 1. The maximum atomic E-state index is 2.66. The molecule has 1 unspecified atom stereocenters. The predicted octanol–water partition coefficient (Wildman–Crippen LogP) is 3.64. The Labute approximate surface area is 96.2 Å². The second-order valence-electron chi connectivity index (χ2n) is 6.35. The lowest BCUT2D eigenvalue weighted by Gasteiger charge is -2.41. The van der Waals surface area contributed by atoms with Crippen LogP contribution < -0.4 is 0 Å². The summed E-state index contributed by atoms with van der Waals surface area (Å²) >= 11 is 0. The number of nitrogens with zero attached hydrogens (tertiary/aromatic N) is 1. The van der Waals surface area contributed by atoms with Gasteiger partial charge >= 0.3 is 0 Å². The molecule has 0 radical (unpaired) electrons. The van der Waals surface area contributed by atoms with Gasteiger partial charge in [0.05, 0.1) is 0 Å². The molecule has 1 heterocycles. The van der Waals surface area contributed by atoms with Gasteiger partial charge < -0.3 is 4.90 Å². The van der Waals surface area contributed by atoms with Gasteiger partial charge in [-0.05, 0) is 37.0 Å². The fraction of sp³-hybridized carbons (Fsp3) is 1.00. The quantitative estimate of drug-likeness (QED) is 0.689. The Balaban J connectivity index is 2.91. The lowest BCUT2D eigenvalue weighted by Crippen LogP contribution is -2.40. The topological polar surface area (TPSA) is 3.24 Å². The molecule has 0 spiro atoms. The third kappa shape index (κ3) is 2.08. The lowest BCUT2D eigenvalue weighted by atomic mass is 9.63. The summed E-state index contributed by atoms with van der Waals surface area (Å²) in [5.41, 5.74) is 0.532. The largest absolute Gasteiger partial charge is 0.300 e. The highest BCUT2D eigenvalue weighted by molar-refractivity contribution is 4.99. The molecule has 1 aliphatic rings. The van der Waals surface area contributed by atoms with Gasteiger partial charge in [-0.3, -0.25) is 0 Å². The van der Waals surface area contributed by atoms with E-state index in [0.29, 0.717) is 11.5 Å². The maximum absolute atomic E-state index is 2.66. The number of likely N-dealkylation sites (tertiary alicyclic amines) is 1. The Bertz CT molecular complexity index is 197. The standard InChI is InChI=1S/C14H29N/c1-10(2)14(11(3)4)9-15(12(5)6)8-13(14)7/h10-13H,8-9H2,1-7H3. The van der Waals surface area contributed by atoms with Crippen LogP contribution in [0.5, 0.6) is 0 Å². The van der Waals surface area contributed by atoms with Crippen LogP contribution >= 0.6 is 0 Å². The molecule has 90 valence electrons. The van der Waals surface area contributed by atoms with Gasteiger partial charge in [-0.15, -0.1) is 0 Å². The van der Waals surface area contributed by atoms with Crippen LogP contribution in [-0.2, 0) is 0 Å². The maximum Gasteiger partial charge on any atom is 0.00487 e. The third-order valence-corrected chi connectivity index (χ3v) is 4.78. The minimum absolute atomic E-state index is 0.532. The average Bonchev–Trinajstić information content (AvgIpc) is 2.43. The van der Waals surface area contributed by atoms with Gasteiger partial charge in [0.15, 0.2) is 0 Å². The van der Waals surface area contributed by atoms with E-state index in [4.69, 9.17) is 0 Å². The highest BCUT2D eigenvalue weighted by atomic mass is 15.2. The van der Waals surface area contributed by atoms with Gasteiger partial charge in [-0.1, -0.05) is 34.6 Å². The molecule has 1 heteroatoms. The van der Waals surface area contributed by atoms with Crippen LogP contribution in [0.25, 0.3) is 0 Å². The van der Waals surface area contributed by atoms with E-state index >= 15 is 0 Å². The highest BCUT2D eigenvalue weighted by Gasteiger charge is 2.48. The molecule has 1 fully saturated rings. The van der Waals surface area contributed by atoms with E-state index in [-0.39, 0.29) is 0 Å². The first-order valence-electron chi connectivity index (χ1n) is 6.56. The first kappa shape index (κ1) is 13.0. The van der Waals surface area contributed by atoms with Crippen molar-refractivity contribution in [1.29, 1.82) is 0 Å². The Morgan fingerprint density at radius 1 is 1.00 bits per heavy atom. The summed E-state index contributed by atoms with van der Waals surface area (Å²) in [6, 6.07) is 0.701. The van der Waals surface area contributed by atoms with Gasteiger partial charge in [-0.2, -0.15) is 0 Å². The fourth-order valence-electron chi connectivity index (χ4n) is 3.66. The van der Waals surface area contributed by atoms with Gasteiger partial charge in [0, 0.05) is 19.1 Å². The SMILES string of the molecule is CC(C)N1CC(C)C(C(C)C)(C(C)C)C1. The first-order valence-corrected chi connectivity index (χ1v) is 6.56. The fourth-order valence-corrected chi connectivity index (χ4v) is 3.66. The second-order valence-corrected chi connectivity index (χ2v) is 6.35. The summed E-state index contributed by atoms with van der Waals surface area (Å²) in [7, 11) is 0. The Morgan fingerprint density at radius 2 is 1.47 bits per heavy atom. The minimum atomic E-state index is 0.532. The molecule has 1 aliphatic heterocycles. The van der Waals surface area contributed by atoms with E-state index in [1.807, 2.05) is 0 Å². The van der Waals surface area contributed by atoms with Crippen LogP contribution in [0.15, 0.2) is 0 Å². The van der Waals surface area contributed by atoms with Crippen molar-refractivity contribution in [1.82, 2.24) is 4.90 Å². The molecule has 1 atom stereocenters. The molecule has 15 heavy (non-hydrogen) atoms. The van der Waals surface area contributed by atoms with Crippen LogP contribution in [0.4, 0.5) is 0 Å². The van der Waals surface area contributed by atoms with Crippen molar-refractivity contribution in [2.24, 2.45) is 23.2 Å². The van der Waals surface area contributed by atoms with E-state index < -0.39 is 0 Å². The molecule has 1 saturated heterocycles. The normalized spacial score (nSPS) is 27.2. The summed E-state index contributed by atoms with van der Waals surface area (Å²) in [6.45, 7) is 19.3. The molecule has 0 saturated carbocycles. The van der Waals surface area contributed by atoms with Crippen molar-refractivity contribution in [2.45, 2.75) is 54.5 Å². The molecule has 0 aliphatic carbocycles. The van der Waals surface area contributed by atoms with Crippen molar-refractivity contribution in [3.63, 3.8) is 0 Å². The summed E-state index contributed by atoms with van der Waals surface area (Å²) < 4.78 is 0. The zero-order valence-corrected chi connectivity index (χ0v) is 11.7.